The van der Waals surface area contributed by atoms with E-state index in [1.54, 1.807) is 24.3 Å². The smallest absolute Gasteiger partial charge is 0.176 e. The van der Waals surface area contributed by atoms with E-state index in [0.717, 1.165) is 0 Å². The maximum absolute atomic E-state index is 8.72. The molecule has 0 amide bonds. The summed E-state index contributed by atoms with van der Waals surface area (Å²) in [6.45, 7) is 0.117. The monoisotopic (exact) mass is 316 g/mol. The van der Waals surface area contributed by atoms with Crippen LogP contribution in [0.3, 0.4) is 0 Å². The van der Waals surface area contributed by atoms with Gasteiger partial charge < -0.3 is 9.47 Å². The molecule has 0 aliphatic rings. The summed E-state index contributed by atoms with van der Waals surface area (Å²) in [5, 5.41) is 17.4. The van der Waals surface area contributed by atoms with Crippen LogP contribution in [0.4, 0.5) is 0 Å². The highest BCUT2D eigenvalue weighted by Crippen LogP contribution is 2.37. The molecule has 0 aliphatic carbocycles. The first kappa shape index (κ1) is 14.6. The first-order valence-electron chi connectivity index (χ1n) is 5.12. The van der Waals surface area contributed by atoms with E-state index in [1.165, 1.54) is 13.2 Å². The van der Waals surface area contributed by atoms with Crippen LogP contribution in [-0.2, 0) is 0 Å². The minimum atomic E-state index is 0.00578. The van der Waals surface area contributed by atoms with Crippen molar-refractivity contribution < 1.29 is 9.47 Å². The van der Waals surface area contributed by atoms with E-state index >= 15 is 0 Å². The van der Waals surface area contributed by atoms with Gasteiger partial charge in [0, 0.05) is 0 Å². The molecule has 0 atom stereocenters. The minimum absolute atomic E-state index is 0.00578. The number of nitriles is 2. The summed E-state index contributed by atoms with van der Waals surface area (Å²) in [5.74, 6) is 3.31. The number of halogens is 1. The predicted octanol–water partition coefficient (Wildman–Crippen LogP) is 2.90. The van der Waals surface area contributed by atoms with Crippen LogP contribution in [0.5, 0.6) is 11.5 Å². The molecule has 0 bridgehead atoms. The first-order chi connectivity index (χ1) is 9.15. The van der Waals surface area contributed by atoms with Gasteiger partial charge in [-0.25, -0.2) is 0 Å². The fourth-order valence-electron chi connectivity index (χ4n) is 1.33. The number of ether oxygens (including phenoxy) is 2. The van der Waals surface area contributed by atoms with Crippen molar-refractivity contribution in [2.24, 2.45) is 0 Å². The topological polar surface area (TPSA) is 66.0 Å². The second-order valence-electron chi connectivity index (χ2n) is 3.31. The summed E-state index contributed by atoms with van der Waals surface area (Å²) in [5.41, 5.74) is 0.654. The van der Waals surface area contributed by atoms with Crippen molar-refractivity contribution >= 4 is 22.0 Å². The average Bonchev–Trinajstić information content (AvgIpc) is 2.43. The number of terminal acetylenes is 1. The molecule has 0 fully saturated rings. The summed E-state index contributed by atoms with van der Waals surface area (Å²) in [6, 6.07) is 6.95. The summed E-state index contributed by atoms with van der Waals surface area (Å²) in [4.78, 5) is 0. The molecule has 1 aromatic carbocycles. The van der Waals surface area contributed by atoms with Crippen molar-refractivity contribution in [2.75, 3.05) is 13.7 Å². The van der Waals surface area contributed by atoms with Crippen LogP contribution in [-0.4, -0.2) is 13.7 Å². The summed E-state index contributed by atoms with van der Waals surface area (Å²) < 4.78 is 11.2. The molecule has 1 aromatic rings. The lowest BCUT2D eigenvalue weighted by Gasteiger charge is -2.11. The molecule has 5 heteroatoms. The van der Waals surface area contributed by atoms with Gasteiger partial charge >= 0.3 is 0 Å². The van der Waals surface area contributed by atoms with Crippen molar-refractivity contribution in [2.45, 2.75) is 0 Å². The molecule has 0 spiro atoms. The van der Waals surface area contributed by atoms with Gasteiger partial charge in [0.05, 0.1) is 11.6 Å². The van der Waals surface area contributed by atoms with Crippen LogP contribution in [0.15, 0.2) is 22.2 Å². The molecule has 4 nitrogen and oxygen atoms in total. The number of nitrogens with zero attached hydrogens (tertiary/aromatic N) is 2. The van der Waals surface area contributed by atoms with E-state index in [9.17, 15) is 0 Å². The highest BCUT2D eigenvalue weighted by molar-refractivity contribution is 9.10. The predicted molar refractivity (Wildman–Crippen MR) is 74.2 cm³/mol. The van der Waals surface area contributed by atoms with Crippen molar-refractivity contribution in [3.63, 3.8) is 0 Å². The fraction of sp³-hybridized carbons (Fsp3) is 0.143. The van der Waals surface area contributed by atoms with E-state index in [1.807, 2.05) is 0 Å². The average molecular weight is 317 g/mol. The van der Waals surface area contributed by atoms with Crippen molar-refractivity contribution in [1.29, 1.82) is 10.5 Å². The van der Waals surface area contributed by atoms with E-state index in [2.05, 4.69) is 21.9 Å². The SMILES string of the molecule is C#CCOc1c(Br)cc(C=C(C#N)C#N)cc1OC. The molecule has 0 aromatic heterocycles. The summed E-state index contributed by atoms with van der Waals surface area (Å²) in [6.07, 6.45) is 6.59. The molecule has 0 aliphatic heterocycles. The third-order valence-electron chi connectivity index (χ3n) is 2.10. The van der Waals surface area contributed by atoms with Crippen LogP contribution in [0.2, 0.25) is 0 Å². The molecule has 0 unspecified atom stereocenters. The Balaban J connectivity index is 3.25. The highest BCUT2D eigenvalue weighted by atomic mass is 79.9. The lowest BCUT2D eigenvalue weighted by molar-refractivity contribution is 0.329. The largest absolute Gasteiger partial charge is 0.493 e. The highest BCUT2D eigenvalue weighted by Gasteiger charge is 2.11. The van der Waals surface area contributed by atoms with Crippen LogP contribution in [0, 0.1) is 35.0 Å². The quantitative estimate of drug-likeness (QED) is 0.632. The number of allylic oxidation sites excluding steroid dienone is 1. The Labute approximate surface area is 120 Å². The van der Waals surface area contributed by atoms with Crippen LogP contribution < -0.4 is 9.47 Å². The van der Waals surface area contributed by atoms with Crippen molar-refractivity contribution in [3.05, 3.63) is 27.7 Å². The zero-order valence-corrected chi connectivity index (χ0v) is 11.7. The van der Waals surface area contributed by atoms with Gasteiger partial charge in [-0.1, -0.05) is 5.92 Å². The van der Waals surface area contributed by atoms with Crippen LogP contribution in [0.1, 0.15) is 5.56 Å². The van der Waals surface area contributed by atoms with E-state index in [-0.39, 0.29) is 12.2 Å². The molecule has 0 saturated heterocycles. The van der Waals surface area contributed by atoms with E-state index in [4.69, 9.17) is 26.4 Å². The zero-order chi connectivity index (χ0) is 14.3. The third kappa shape index (κ3) is 3.78. The second kappa shape index (κ2) is 7.11. The molecule has 0 N–H and O–H groups in total. The van der Waals surface area contributed by atoms with Crippen LogP contribution >= 0.6 is 15.9 Å². The second-order valence-corrected chi connectivity index (χ2v) is 4.16. The molecular weight excluding hydrogens is 308 g/mol. The number of hydrogen-bond acceptors (Lipinski definition) is 4. The molecule has 94 valence electrons. The molecule has 0 radical (unpaired) electrons. The number of benzene rings is 1. The van der Waals surface area contributed by atoms with Crippen molar-refractivity contribution in [1.82, 2.24) is 0 Å². The van der Waals surface area contributed by atoms with Gasteiger partial charge in [-0.15, -0.1) is 6.42 Å². The Bertz CT molecular complexity index is 615. The van der Waals surface area contributed by atoms with Gasteiger partial charge in [0.1, 0.15) is 24.3 Å². The lowest BCUT2D eigenvalue weighted by Crippen LogP contribution is -1.98. The first-order valence-corrected chi connectivity index (χ1v) is 5.91. The van der Waals surface area contributed by atoms with E-state index in [0.29, 0.717) is 21.5 Å². The Hall–Kier alpha value is -2.42. The van der Waals surface area contributed by atoms with Gasteiger partial charge in [0.2, 0.25) is 0 Å². The standard InChI is InChI=1S/C14H9BrN2O2/c1-3-4-19-14-12(15)6-10(7-13(14)18-2)5-11(8-16)9-17/h1,5-7H,4H2,2H3. The molecule has 19 heavy (non-hydrogen) atoms. The van der Waals surface area contributed by atoms with Gasteiger partial charge in [0.25, 0.3) is 0 Å². The summed E-state index contributed by atoms with van der Waals surface area (Å²) >= 11 is 3.33. The molecule has 0 heterocycles. The lowest BCUT2D eigenvalue weighted by atomic mass is 10.1. The van der Waals surface area contributed by atoms with Gasteiger partial charge in [-0.2, -0.15) is 10.5 Å². The van der Waals surface area contributed by atoms with Gasteiger partial charge in [-0.05, 0) is 39.7 Å². The number of hydrogen-bond donors (Lipinski definition) is 0. The Morgan fingerprint density at radius 1 is 1.42 bits per heavy atom. The van der Waals surface area contributed by atoms with Gasteiger partial charge in [-0.3, -0.25) is 0 Å². The zero-order valence-electron chi connectivity index (χ0n) is 10.1. The Morgan fingerprint density at radius 2 is 2.11 bits per heavy atom. The normalized spacial score (nSPS) is 8.58. The van der Waals surface area contributed by atoms with Crippen molar-refractivity contribution in [3.8, 4) is 36.0 Å². The minimum Gasteiger partial charge on any atom is -0.493 e. The van der Waals surface area contributed by atoms with Gasteiger partial charge in [0.15, 0.2) is 11.5 Å². The summed E-state index contributed by atoms with van der Waals surface area (Å²) in [7, 11) is 1.49. The Morgan fingerprint density at radius 3 is 2.63 bits per heavy atom. The molecular formula is C14H9BrN2O2. The maximum atomic E-state index is 8.72. The van der Waals surface area contributed by atoms with E-state index < -0.39 is 0 Å². The number of rotatable bonds is 4. The fourth-order valence-corrected chi connectivity index (χ4v) is 1.91. The third-order valence-corrected chi connectivity index (χ3v) is 2.69. The Kier molecular flexibility index (Phi) is 5.48. The number of methoxy groups -OCH3 is 1. The van der Waals surface area contributed by atoms with Crippen LogP contribution in [0.25, 0.3) is 6.08 Å². The molecule has 1 rings (SSSR count). The maximum Gasteiger partial charge on any atom is 0.176 e. The molecule has 0 saturated carbocycles.